The summed E-state index contributed by atoms with van der Waals surface area (Å²) in [4.78, 5) is 42.1. The summed E-state index contributed by atoms with van der Waals surface area (Å²) in [5.41, 5.74) is -1.22. The van der Waals surface area contributed by atoms with E-state index in [4.69, 9.17) is 4.74 Å². The molecule has 28 heavy (non-hydrogen) atoms. The van der Waals surface area contributed by atoms with Crippen molar-refractivity contribution in [3.8, 4) is 0 Å². The van der Waals surface area contributed by atoms with Crippen LogP contribution in [0.15, 0.2) is 12.1 Å². The van der Waals surface area contributed by atoms with Crippen molar-refractivity contribution in [3.05, 3.63) is 29.1 Å². The fraction of sp³-hybridized carbons (Fsp3) is 0.600. The van der Waals surface area contributed by atoms with Gasteiger partial charge in [0.2, 0.25) is 0 Å². The van der Waals surface area contributed by atoms with Crippen molar-refractivity contribution in [3.63, 3.8) is 0 Å². The average molecular weight is 397 g/mol. The molecule has 3 rings (SSSR count). The number of rotatable bonds is 6. The number of carbonyl (C=O) groups excluding carboxylic acids is 3. The van der Waals surface area contributed by atoms with Crippen LogP contribution in [0.1, 0.15) is 53.8 Å². The molecule has 2 fully saturated rings. The van der Waals surface area contributed by atoms with E-state index in [0.717, 1.165) is 18.6 Å². The number of aromatic nitrogens is 1. The van der Waals surface area contributed by atoms with E-state index >= 15 is 0 Å². The highest BCUT2D eigenvalue weighted by molar-refractivity contribution is 6.26. The van der Waals surface area contributed by atoms with Gasteiger partial charge in [0.25, 0.3) is 0 Å². The fourth-order valence-corrected chi connectivity index (χ4v) is 4.19. The molecule has 1 aromatic heterocycles. The Labute approximate surface area is 160 Å². The number of fused-ring (bicyclic) bond motifs is 2. The molecule has 1 aromatic rings. The molecule has 0 amide bonds. The highest BCUT2D eigenvalue weighted by Gasteiger charge is 2.48. The van der Waals surface area contributed by atoms with Crippen molar-refractivity contribution in [1.82, 2.24) is 4.98 Å². The molecule has 2 unspecified atom stereocenters. The van der Waals surface area contributed by atoms with Gasteiger partial charge in [-0.05, 0) is 44.2 Å². The lowest BCUT2D eigenvalue weighted by atomic mass is 9.65. The standard InChI is InChI=1S/C20H22F3NO4/c1-28-9-3-6-14-13(7-8-15(24-14)20(21,22)23)19(27)16-17(25)11-4-2-5-12(10-11)18(16)26/h7-8,11-12,16H,2-6,9-10H2,1H3. The number of hydrogen-bond donors (Lipinski definition) is 0. The van der Waals surface area contributed by atoms with E-state index in [9.17, 15) is 27.6 Å². The van der Waals surface area contributed by atoms with E-state index in [2.05, 4.69) is 4.98 Å². The summed E-state index contributed by atoms with van der Waals surface area (Å²) in [5.74, 6) is -3.55. The molecule has 0 aromatic carbocycles. The monoisotopic (exact) mass is 397 g/mol. The number of ether oxygens (including phenoxy) is 1. The third kappa shape index (κ3) is 4.01. The molecule has 2 aliphatic rings. The van der Waals surface area contributed by atoms with Crippen LogP contribution in [-0.4, -0.2) is 36.1 Å². The zero-order valence-corrected chi connectivity index (χ0v) is 15.6. The molecule has 2 bridgehead atoms. The fourth-order valence-electron chi connectivity index (χ4n) is 4.19. The lowest BCUT2D eigenvalue weighted by Crippen LogP contribution is -2.47. The Morgan fingerprint density at radius 2 is 1.82 bits per heavy atom. The summed E-state index contributed by atoms with van der Waals surface area (Å²) >= 11 is 0. The lowest BCUT2D eigenvalue weighted by Gasteiger charge is -2.36. The molecule has 2 atom stereocenters. The number of methoxy groups -OCH3 is 1. The van der Waals surface area contributed by atoms with Gasteiger partial charge in [0.05, 0.1) is 5.69 Å². The minimum atomic E-state index is -4.65. The largest absolute Gasteiger partial charge is 0.433 e. The third-order valence-corrected chi connectivity index (χ3v) is 5.60. The summed E-state index contributed by atoms with van der Waals surface area (Å²) in [7, 11) is 1.46. The first-order valence-corrected chi connectivity index (χ1v) is 9.41. The highest BCUT2D eigenvalue weighted by Crippen LogP contribution is 2.40. The van der Waals surface area contributed by atoms with Crippen LogP contribution in [0.25, 0.3) is 0 Å². The minimum absolute atomic E-state index is 0.0480. The van der Waals surface area contributed by atoms with Gasteiger partial charge in [-0.3, -0.25) is 14.4 Å². The zero-order valence-electron chi connectivity index (χ0n) is 15.6. The summed E-state index contributed by atoms with van der Waals surface area (Å²) in [6.45, 7) is 0.289. The van der Waals surface area contributed by atoms with Gasteiger partial charge >= 0.3 is 6.18 Å². The van der Waals surface area contributed by atoms with Crippen molar-refractivity contribution < 1.29 is 32.3 Å². The van der Waals surface area contributed by atoms with Crippen molar-refractivity contribution in [2.75, 3.05) is 13.7 Å². The number of ketones is 3. The summed E-state index contributed by atoms with van der Waals surface area (Å²) in [6.07, 6.45) is -1.64. The summed E-state index contributed by atoms with van der Waals surface area (Å²) < 4.78 is 44.0. The van der Waals surface area contributed by atoms with E-state index < -0.39 is 35.1 Å². The first-order chi connectivity index (χ1) is 13.2. The van der Waals surface area contributed by atoms with Gasteiger partial charge in [0, 0.05) is 31.1 Å². The van der Waals surface area contributed by atoms with Crippen LogP contribution in [0.5, 0.6) is 0 Å². The van der Waals surface area contributed by atoms with Crippen LogP contribution in [0.4, 0.5) is 13.2 Å². The second kappa shape index (κ2) is 8.11. The van der Waals surface area contributed by atoms with Crippen molar-refractivity contribution >= 4 is 17.3 Å². The van der Waals surface area contributed by atoms with Crippen LogP contribution in [-0.2, 0) is 26.9 Å². The van der Waals surface area contributed by atoms with Crippen LogP contribution in [0.2, 0.25) is 0 Å². The first-order valence-electron chi connectivity index (χ1n) is 9.41. The lowest BCUT2D eigenvalue weighted by molar-refractivity contribution is -0.143. The van der Waals surface area contributed by atoms with Gasteiger partial charge < -0.3 is 4.74 Å². The number of Topliss-reactive ketones (excluding diaryl/α,β-unsaturated/α-hetero) is 3. The molecule has 152 valence electrons. The molecule has 0 radical (unpaired) electrons. The second-order valence-electron chi connectivity index (χ2n) is 7.45. The molecule has 2 saturated carbocycles. The van der Waals surface area contributed by atoms with E-state index in [1.165, 1.54) is 7.11 Å². The maximum Gasteiger partial charge on any atom is 0.433 e. The summed E-state index contributed by atoms with van der Waals surface area (Å²) in [5, 5.41) is 0. The van der Waals surface area contributed by atoms with Crippen LogP contribution in [0, 0.1) is 17.8 Å². The number of carbonyl (C=O) groups is 3. The van der Waals surface area contributed by atoms with Gasteiger partial charge in [-0.1, -0.05) is 6.42 Å². The molecule has 2 aliphatic carbocycles. The molecule has 0 spiro atoms. The molecular formula is C20H22F3NO4. The number of aryl methyl sites for hydroxylation is 1. The Kier molecular flexibility index (Phi) is 5.98. The minimum Gasteiger partial charge on any atom is -0.385 e. The topological polar surface area (TPSA) is 73.3 Å². The zero-order chi connectivity index (χ0) is 20.5. The normalized spacial score (nSPS) is 25.1. The Morgan fingerprint density at radius 3 is 2.39 bits per heavy atom. The van der Waals surface area contributed by atoms with E-state index in [0.29, 0.717) is 25.7 Å². The van der Waals surface area contributed by atoms with Crippen molar-refractivity contribution in [2.24, 2.45) is 17.8 Å². The maximum absolute atomic E-state index is 13.1. The van der Waals surface area contributed by atoms with Crippen LogP contribution < -0.4 is 0 Å². The molecule has 0 aliphatic heterocycles. The predicted octanol–water partition coefficient (Wildman–Crippen LogP) is 3.44. The number of hydrogen-bond acceptors (Lipinski definition) is 5. The maximum atomic E-state index is 13.1. The van der Waals surface area contributed by atoms with Crippen LogP contribution >= 0.6 is 0 Å². The molecule has 1 heterocycles. The van der Waals surface area contributed by atoms with Gasteiger partial charge in [-0.2, -0.15) is 13.2 Å². The van der Waals surface area contributed by atoms with Gasteiger partial charge in [0.15, 0.2) is 17.3 Å². The molecule has 0 saturated heterocycles. The van der Waals surface area contributed by atoms with Crippen molar-refractivity contribution in [1.29, 1.82) is 0 Å². The Morgan fingerprint density at radius 1 is 1.18 bits per heavy atom. The smallest absolute Gasteiger partial charge is 0.385 e. The Balaban J connectivity index is 1.95. The number of pyridine rings is 1. The van der Waals surface area contributed by atoms with E-state index in [1.807, 2.05) is 0 Å². The summed E-state index contributed by atoms with van der Waals surface area (Å²) in [6, 6.07) is 1.77. The average Bonchev–Trinajstić information content (AvgIpc) is 2.66. The van der Waals surface area contributed by atoms with Gasteiger partial charge in [0.1, 0.15) is 11.6 Å². The molecule has 5 nitrogen and oxygen atoms in total. The van der Waals surface area contributed by atoms with E-state index in [-0.39, 0.29) is 36.1 Å². The number of nitrogens with zero attached hydrogens (tertiary/aromatic N) is 1. The van der Waals surface area contributed by atoms with Gasteiger partial charge in [-0.15, -0.1) is 0 Å². The second-order valence-corrected chi connectivity index (χ2v) is 7.45. The predicted molar refractivity (Wildman–Crippen MR) is 92.7 cm³/mol. The quantitative estimate of drug-likeness (QED) is 0.418. The van der Waals surface area contributed by atoms with E-state index in [1.54, 1.807) is 0 Å². The number of halogens is 3. The highest BCUT2D eigenvalue weighted by atomic mass is 19.4. The third-order valence-electron chi connectivity index (χ3n) is 5.60. The Bertz CT molecular complexity index is 768. The van der Waals surface area contributed by atoms with Crippen LogP contribution in [0.3, 0.4) is 0 Å². The van der Waals surface area contributed by atoms with Crippen molar-refractivity contribution in [2.45, 2.75) is 44.7 Å². The van der Waals surface area contributed by atoms with Gasteiger partial charge in [-0.25, -0.2) is 4.98 Å². The molecular weight excluding hydrogens is 375 g/mol. The first kappa shape index (κ1) is 20.6. The molecule has 8 heteroatoms. The Hall–Kier alpha value is -2.09. The SMILES string of the molecule is COCCCc1nc(C(F)(F)F)ccc1C(=O)C1C(=O)C2CCCC(C2)C1=O. The molecule has 0 N–H and O–H groups in total. The number of alkyl halides is 3.